The second kappa shape index (κ2) is 7.07. The van der Waals surface area contributed by atoms with Gasteiger partial charge in [-0.3, -0.25) is 0 Å². The first-order chi connectivity index (χ1) is 11.2. The molecule has 0 amide bonds. The van der Waals surface area contributed by atoms with Gasteiger partial charge in [0.1, 0.15) is 0 Å². The van der Waals surface area contributed by atoms with Gasteiger partial charge < -0.3 is 10.2 Å². The molecular weight excluding hydrogens is 310 g/mol. The molecule has 0 bridgehead atoms. The third kappa shape index (κ3) is 3.96. The van der Waals surface area contributed by atoms with Crippen LogP contribution in [0.1, 0.15) is 5.56 Å². The van der Waals surface area contributed by atoms with Crippen molar-refractivity contribution < 1.29 is 0 Å². The fourth-order valence-electron chi connectivity index (χ4n) is 2.15. The fraction of sp³-hybridized carbons (Fsp3) is 0.118. The van der Waals surface area contributed by atoms with Crippen LogP contribution in [0.15, 0.2) is 60.8 Å². The first-order valence-corrected chi connectivity index (χ1v) is 7.56. The van der Waals surface area contributed by atoms with Crippen LogP contribution >= 0.6 is 11.6 Å². The van der Waals surface area contributed by atoms with Crippen LogP contribution in [0.4, 0.5) is 17.5 Å². The molecule has 0 radical (unpaired) electrons. The number of para-hydroxylation sites is 1. The van der Waals surface area contributed by atoms with Crippen molar-refractivity contribution in [2.75, 3.05) is 17.3 Å². The monoisotopic (exact) mass is 325 g/mol. The smallest absolute Gasteiger partial charge is 0.249 e. The first kappa shape index (κ1) is 15.2. The highest BCUT2D eigenvalue weighted by atomic mass is 35.5. The molecule has 116 valence electrons. The minimum atomic E-state index is 0.413. The molecule has 0 aliphatic carbocycles. The maximum atomic E-state index is 6.13. The van der Waals surface area contributed by atoms with Gasteiger partial charge in [-0.05, 0) is 17.7 Å². The van der Waals surface area contributed by atoms with Crippen LogP contribution in [0.5, 0.6) is 0 Å². The van der Waals surface area contributed by atoms with Crippen molar-refractivity contribution in [1.82, 2.24) is 15.2 Å². The number of benzene rings is 2. The molecule has 23 heavy (non-hydrogen) atoms. The van der Waals surface area contributed by atoms with E-state index in [0.717, 1.165) is 18.1 Å². The molecule has 1 heterocycles. The van der Waals surface area contributed by atoms with E-state index in [-0.39, 0.29) is 0 Å². The highest BCUT2D eigenvalue weighted by molar-refractivity contribution is 6.33. The quantitative estimate of drug-likeness (QED) is 0.771. The third-order valence-electron chi connectivity index (χ3n) is 3.32. The van der Waals surface area contributed by atoms with Crippen molar-refractivity contribution in [3.05, 3.63) is 71.4 Å². The molecule has 2 aromatic carbocycles. The molecule has 0 unspecified atom stereocenters. The predicted molar refractivity (Wildman–Crippen MR) is 93.1 cm³/mol. The molecule has 0 spiro atoms. The summed E-state index contributed by atoms with van der Waals surface area (Å²) in [5, 5.41) is 11.7. The zero-order valence-corrected chi connectivity index (χ0v) is 13.4. The van der Waals surface area contributed by atoms with Crippen LogP contribution in [0.3, 0.4) is 0 Å². The van der Waals surface area contributed by atoms with Crippen LogP contribution in [0, 0.1) is 0 Å². The van der Waals surface area contributed by atoms with E-state index in [1.165, 1.54) is 5.56 Å². The van der Waals surface area contributed by atoms with E-state index in [0.29, 0.717) is 11.0 Å². The van der Waals surface area contributed by atoms with Crippen LogP contribution in [-0.4, -0.2) is 22.2 Å². The number of rotatable bonds is 5. The minimum absolute atomic E-state index is 0.413. The Balaban J connectivity index is 1.76. The van der Waals surface area contributed by atoms with E-state index < -0.39 is 0 Å². The summed E-state index contributed by atoms with van der Waals surface area (Å²) in [4.78, 5) is 6.50. The number of anilines is 3. The Hall–Kier alpha value is -2.66. The summed E-state index contributed by atoms with van der Waals surface area (Å²) in [5.74, 6) is 1.15. The van der Waals surface area contributed by atoms with Crippen molar-refractivity contribution in [3.8, 4) is 0 Å². The van der Waals surface area contributed by atoms with Gasteiger partial charge in [-0.2, -0.15) is 10.1 Å². The molecule has 3 aromatic rings. The lowest BCUT2D eigenvalue weighted by Crippen LogP contribution is -2.18. The van der Waals surface area contributed by atoms with E-state index in [1.54, 1.807) is 6.20 Å². The molecule has 0 saturated heterocycles. The molecule has 1 N–H and O–H groups in total. The summed E-state index contributed by atoms with van der Waals surface area (Å²) < 4.78 is 0. The average molecular weight is 326 g/mol. The topological polar surface area (TPSA) is 53.9 Å². The zero-order valence-electron chi connectivity index (χ0n) is 12.6. The average Bonchev–Trinajstić information content (AvgIpc) is 2.58. The summed E-state index contributed by atoms with van der Waals surface area (Å²) in [5.41, 5.74) is 1.95. The van der Waals surface area contributed by atoms with Crippen molar-refractivity contribution in [3.63, 3.8) is 0 Å². The second-order valence-corrected chi connectivity index (χ2v) is 5.49. The van der Waals surface area contributed by atoms with Gasteiger partial charge in [0.2, 0.25) is 5.95 Å². The zero-order chi connectivity index (χ0) is 16.1. The second-order valence-electron chi connectivity index (χ2n) is 5.08. The Morgan fingerprint density at radius 3 is 2.57 bits per heavy atom. The van der Waals surface area contributed by atoms with E-state index in [4.69, 9.17) is 11.6 Å². The van der Waals surface area contributed by atoms with Gasteiger partial charge in [0.25, 0.3) is 0 Å². The molecule has 0 saturated carbocycles. The summed E-state index contributed by atoms with van der Waals surface area (Å²) in [6.45, 7) is 0.741. The number of hydrogen-bond acceptors (Lipinski definition) is 5. The fourth-order valence-corrected chi connectivity index (χ4v) is 2.34. The largest absolute Gasteiger partial charge is 0.354 e. The normalized spacial score (nSPS) is 10.3. The van der Waals surface area contributed by atoms with E-state index >= 15 is 0 Å². The summed E-state index contributed by atoms with van der Waals surface area (Å²) in [7, 11) is 1.97. The molecular formula is C17H16ClN5. The van der Waals surface area contributed by atoms with E-state index in [1.807, 2.05) is 54.4 Å². The number of nitrogens with zero attached hydrogens (tertiary/aromatic N) is 4. The van der Waals surface area contributed by atoms with Gasteiger partial charge in [0.05, 0.1) is 16.9 Å². The van der Waals surface area contributed by atoms with Crippen LogP contribution in [0.25, 0.3) is 0 Å². The van der Waals surface area contributed by atoms with Crippen molar-refractivity contribution in [2.45, 2.75) is 6.54 Å². The van der Waals surface area contributed by atoms with Gasteiger partial charge in [0, 0.05) is 13.6 Å². The number of hydrogen-bond donors (Lipinski definition) is 1. The van der Waals surface area contributed by atoms with Gasteiger partial charge >= 0.3 is 0 Å². The standard InChI is InChI=1S/C17H16ClN5/c1-23(12-13-7-3-2-4-8-13)16-11-19-22-17(21-16)20-15-10-6-5-9-14(15)18/h2-11H,12H2,1H3,(H,20,21,22). The molecule has 0 fully saturated rings. The Morgan fingerprint density at radius 2 is 1.78 bits per heavy atom. The van der Waals surface area contributed by atoms with Crippen LogP contribution < -0.4 is 10.2 Å². The van der Waals surface area contributed by atoms with Gasteiger partial charge in [-0.25, -0.2) is 0 Å². The lowest BCUT2D eigenvalue weighted by Gasteiger charge is -2.18. The number of halogens is 1. The van der Waals surface area contributed by atoms with Crippen molar-refractivity contribution in [1.29, 1.82) is 0 Å². The molecule has 6 heteroatoms. The van der Waals surface area contributed by atoms with Gasteiger partial charge in [0.15, 0.2) is 5.82 Å². The van der Waals surface area contributed by atoms with Crippen LogP contribution in [0.2, 0.25) is 5.02 Å². The van der Waals surface area contributed by atoms with Gasteiger partial charge in [-0.1, -0.05) is 54.1 Å². The predicted octanol–water partition coefficient (Wildman–Crippen LogP) is 3.91. The maximum Gasteiger partial charge on any atom is 0.249 e. The highest BCUT2D eigenvalue weighted by Crippen LogP contribution is 2.23. The van der Waals surface area contributed by atoms with Crippen molar-refractivity contribution in [2.24, 2.45) is 0 Å². The maximum absolute atomic E-state index is 6.13. The SMILES string of the molecule is CN(Cc1ccccc1)c1cnnc(Nc2ccccc2Cl)n1. The highest BCUT2D eigenvalue weighted by Gasteiger charge is 2.08. The third-order valence-corrected chi connectivity index (χ3v) is 3.65. The molecule has 3 rings (SSSR count). The number of aromatic nitrogens is 3. The Morgan fingerprint density at radius 1 is 1.04 bits per heavy atom. The van der Waals surface area contributed by atoms with E-state index in [2.05, 4.69) is 32.6 Å². The summed E-state index contributed by atoms with van der Waals surface area (Å²) >= 11 is 6.13. The minimum Gasteiger partial charge on any atom is -0.354 e. The van der Waals surface area contributed by atoms with Crippen LogP contribution in [-0.2, 0) is 6.54 Å². The lowest BCUT2D eigenvalue weighted by molar-refractivity contribution is 0.866. The number of nitrogens with one attached hydrogen (secondary N) is 1. The molecule has 0 atom stereocenters. The molecule has 0 aliphatic rings. The Kier molecular flexibility index (Phi) is 4.68. The molecule has 5 nitrogen and oxygen atoms in total. The Bertz CT molecular complexity index is 779. The molecule has 1 aromatic heterocycles. The van der Waals surface area contributed by atoms with Crippen molar-refractivity contribution >= 4 is 29.1 Å². The Labute approximate surface area is 140 Å². The lowest BCUT2D eigenvalue weighted by atomic mass is 10.2. The summed E-state index contributed by atoms with van der Waals surface area (Å²) in [6.07, 6.45) is 1.64. The molecule has 0 aliphatic heterocycles. The van der Waals surface area contributed by atoms with Gasteiger partial charge in [-0.15, -0.1) is 5.10 Å². The van der Waals surface area contributed by atoms with E-state index in [9.17, 15) is 0 Å². The first-order valence-electron chi connectivity index (χ1n) is 7.19. The summed E-state index contributed by atoms with van der Waals surface area (Å²) in [6, 6.07) is 17.6.